The number of carbonyl (C=O) groups excluding carboxylic acids is 1. The zero-order chi connectivity index (χ0) is 14.4. The second-order valence-electron chi connectivity index (χ2n) is 4.95. The fourth-order valence-electron chi connectivity index (χ4n) is 1.44. The fourth-order valence-corrected chi connectivity index (χ4v) is 1.44. The average Bonchev–Trinajstić information content (AvgIpc) is 2.33. The summed E-state index contributed by atoms with van der Waals surface area (Å²) in [7, 11) is 0. The van der Waals surface area contributed by atoms with Gasteiger partial charge >= 0.3 is 0 Å². The Balaban J connectivity index is 2.33. The Morgan fingerprint density at radius 2 is 1.89 bits per heavy atom. The standard InChI is InChI=1S/C14H20F2N2O/c1-9(2)10(3)18-14(19)8-17-7-11-4-5-12(15)13(16)6-11/h4-6,9-10,17H,7-8H2,1-3H3,(H,18,19). The molecule has 1 unspecified atom stereocenters. The van der Waals surface area contributed by atoms with Gasteiger partial charge in [-0.15, -0.1) is 0 Å². The Bertz CT molecular complexity index is 435. The van der Waals surface area contributed by atoms with E-state index >= 15 is 0 Å². The lowest BCUT2D eigenvalue weighted by Crippen LogP contribution is -2.41. The molecular weight excluding hydrogens is 250 g/mol. The molecule has 106 valence electrons. The summed E-state index contributed by atoms with van der Waals surface area (Å²) >= 11 is 0. The van der Waals surface area contributed by atoms with Crippen LogP contribution in [-0.2, 0) is 11.3 Å². The van der Waals surface area contributed by atoms with Crippen molar-refractivity contribution in [3.8, 4) is 0 Å². The van der Waals surface area contributed by atoms with Crippen molar-refractivity contribution in [2.75, 3.05) is 6.54 Å². The fraction of sp³-hybridized carbons (Fsp3) is 0.500. The van der Waals surface area contributed by atoms with E-state index in [0.29, 0.717) is 18.0 Å². The molecule has 0 heterocycles. The molecule has 0 fully saturated rings. The summed E-state index contributed by atoms with van der Waals surface area (Å²) in [5.74, 6) is -1.48. The number of hydrogen-bond acceptors (Lipinski definition) is 2. The monoisotopic (exact) mass is 270 g/mol. The van der Waals surface area contributed by atoms with Crippen molar-refractivity contribution in [2.45, 2.75) is 33.4 Å². The third-order valence-corrected chi connectivity index (χ3v) is 2.99. The third-order valence-electron chi connectivity index (χ3n) is 2.99. The quantitative estimate of drug-likeness (QED) is 0.832. The number of carbonyl (C=O) groups is 1. The van der Waals surface area contributed by atoms with Gasteiger partial charge < -0.3 is 10.6 Å². The van der Waals surface area contributed by atoms with E-state index in [1.54, 1.807) is 0 Å². The van der Waals surface area contributed by atoms with Gasteiger partial charge in [-0.05, 0) is 30.5 Å². The first-order valence-corrected chi connectivity index (χ1v) is 6.34. The largest absolute Gasteiger partial charge is 0.352 e. The van der Waals surface area contributed by atoms with E-state index in [0.717, 1.165) is 12.1 Å². The average molecular weight is 270 g/mol. The molecule has 0 aliphatic carbocycles. The van der Waals surface area contributed by atoms with Crippen LogP contribution in [0.1, 0.15) is 26.3 Å². The molecule has 1 atom stereocenters. The van der Waals surface area contributed by atoms with E-state index < -0.39 is 11.6 Å². The number of benzene rings is 1. The van der Waals surface area contributed by atoms with Gasteiger partial charge in [0.15, 0.2) is 11.6 Å². The molecule has 1 aromatic rings. The van der Waals surface area contributed by atoms with E-state index in [4.69, 9.17) is 0 Å². The van der Waals surface area contributed by atoms with E-state index in [1.165, 1.54) is 6.07 Å². The van der Waals surface area contributed by atoms with Crippen molar-refractivity contribution in [1.29, 1.82) is 0 Å². The summed E-state index contributed by atoms with van der Waals surface area (Å²) in [5.41, 5.74) is 0.601. The molecule has 1 amide bonds. The van der Waals surface area contributed by atoms with Crippen LogP contribution >= 0.6 is 0 Å². The highest BCUT2D eigenvalue weighted by molar-refractivity contribution is 5.78. The molecule has 1 rings (SSSR count). The molecule has 5 heteroatoms. The Hall–Kier alpha value is -1.49. The molecule has 19 heavy (non-hydrogen) atoms. The predicted molar refractivity (Wildman–Crippen MR) is 70.5 cm³/mol. The van der Waals surface area contributed by atoms with Crippen LogP contribution < -0.4 is 10.6 Å². The first-order chi connectivity index (χ1) is 8.90. The van der Waals surface area contributed by atoms with Crippen LogP contribution in [0.25, 0.3) is 0 Å². The number of rotatable bonds is 6. The molecule has 0 saturated carbocycles. The lowest BCUT2D eigenvalue weighted by Gasteiger charge is -2.17. The van der Waals surface area contributed by atoms with Gasteiger partial charge in [-0.1, -0.05) is 19.9 Å². The molecule has 0 aliphatic rings. The molecule has 0 bridgehead atoms. The normalized spacial score (nSPS) is 12.5. The topological polar surface area (TPSA) is 41.1 Å². The summed E-state index contributed by atoms with van der Waals surface area (Å²) in [6.07, 6.45) is 0. The first kappa shape index (κ1) is 15.6. The lowest BCUT2D eigenvalue weighted by molar-refractivity contribution is -0.121. The van der Waals surface area contributed by atoms with Gasteiger partial charge in [0.2, 0.25) is 5.91 Å². The van der Waals surface area contributed by atoms with Crippen molar-refractivity contribution in [1.82, 2.24) is 10.6 Å². The highest BCUT2D eigenvalue weighted by atomic mass is 19.2. The van der Waals surface area contributed by atoms with Gasteiger partial charge in [0, 0.05) is 12.6 Å². The maximum atomic E-state index is 12.9. The van der Waals surface area contributed by atoms with Gasteiger partial charge in [-0.3, -0.25) is 4.79 Å². The van der Waals surface area contributed by atoms with Crippen molar-refractivity contribution in [2.24, 2.45) is 5.92 Å². The number of hydrogen-bond donors (Lipinski definition) is 2. The van der Waals surface area contributed by atoms with Crippen LogP contribution in [0.2, 0.25) is 0 Å². The summed E-state index contributed by atoms with van der Waals surface area (Å²) in [4.78, 5) is 11.6. The summed E-state index contributed by atoms with van der Waals surface area (Å²) in [6.45, 7) is 6.47. The van der Waals surface area contributed by atoms with E-state index in [2.05, 4.69) is 10.6 Å². The molecule has 0 aliphatic heterocycles. The zero-order valence-corrected chi connectivity index (χ0v) is 11.5. The summed E-state index contributed by atoms with van der Waals surface area (Å²) in [6, 6.07) is 3.79. The van der Waals surface area contributed by atoms with Crippen molar-refractivity contribution in [3.05, 3.63) is 35.4 Å². The second kappa shape index (κ2) is 7.19. The Kier molecular flexibility index (Phi) is 5.89. The lowest BCUT2D eigenvalue weighted by atomic mass is 10.1. The Morgan fingerprint density at radius 3 is 2.47 bits per heavy atom. The Morgan fingerprint density at radius 1 is 1.21 bits per heavy atom. The van der Waals surface area contributed by atoms with Crippen LogP contribution in [0.15, 0.2) is 18.2 Å². The number of halogens is 2. The Labute approximate surface area is 112 Å². The van der Waals surface area contributed by atoms with Gasteiger partial charge in [0.25, 0.3) is 0 Å². The molecule has 0 radical (unpaired) electrons. The van der Waals surface area contributed by atoms with Crippen molar-refractivity contribution >= 4 is 5.91 Å². The van der Waals surface area contributed by atoms with Gasteiger partial charge in [-0.2, -0.15) is 0 Å². The minimum Gasteiger partial charge on any atom is -0.352 e. The number of nitrogens with one attached hydrogen (secondary N) is 2. The van der Waals surface area contributed by atoms with Crippen LogP contribution in [-0.4, -0.2) is 18.5 Å². The second-order valence-corrected chi connectivity index (χ2v) is 4.95. The van der Waals surface area contributed by atoms with Gasteiger partial charge in [-0.25, -0.2) is 8.78 Å². The van der Waals surface area contributed by atoms with E-state index in [-0.39, 0.29) is 18.5 Å². The maximum Gasteiger partial charge on any atom is 0.234 e. The molecule has 3 nitrogen and oxygen atoms in total. The molecule has 0 aromatic heterocycles. The third kappa shape index (κ3) is 5.34. The summed E-state index contributed by atoms with van der Waals surface area (Å²) in [5, 5.41) is 5.74. The SMILES string of the molecule is CC(C)C(C)NC(=O)CNCc1ccc(F)c(F)c1. The molecule has 0 saturated heterocycles. The minimum absolute atomic E-state index is 0.108. The first-order valence-electron chi connectivity index (χ1n) is 6.34. The van der Waals surface area contributed by atoms with Crippen LogP contribution in [0.4, 0.5) is 8.78 Å². The van der Waals surface area contributed by atoms with Crippen molar-refractivity contribution in [3.63, 3.8) is 0 Å². The van der Waals surface area contributed by atoms with Crippen LogP contribution in [0.3, 0.4) is 0 Å². The molecule has 0 spiro atoms. The molecule has 2 N–H and O–H groups in total. The zero-order valence-electron chi connectivity index (χ0n) is 11.5. The van der Waals surface area contributed by atoms with Crippen molar-refractivity contribution < 1.29 is 13.6 Å². The maximum absolute atomic E-state index is 12.9. The van der Waals surface area contributed by atoms with Gasteiger partial charge in [0.05, 0.1) is 6.54 Å². The smallest absolute Gasteiger partial charge is 0.234 e. The molecular formula is C14H20F2N2O. The number of amides is 1. The van der Waals surface area contributed by atoms with E-state index in [1.807, 2.05) is 20.8 Å². The van der Waals surface area contributed by atoms with E-state index in [9.17, 15) is 13.6 Å². The highest BCUT2D eigenvalue weighted by Crippen LogP contribution is 2.08. The molecule has 1 aromatic carbocycles. The summed E-state index contributed by atoms with van der Waals surface area (Å²) < 4.78 is 25.7. The predicted octanol–water partition coefficient (Wildman–Crippen LogP) is 2.22. The van der Waals surface area contributed by atoms with Crippen LogP contribution in [0.5, 0.6) is 0 Å². The van der Waals surface area contributed by atoms with Crippen LogP contribution in [0, 0.1) is 17.6 Å². The van der Waals surface area contributed by atoms with Gasteiger partial charge in [0.1, 0.15) is 0 Å². The minimum atomic E-state index is -0.878. The highest BCUT2D eigenvalue weighted by Gasteiger charge is 2.10.